The summed E-state index contributed by atoms with van der Waals surface area (Å²) in [6, 6.07) is -0.0110. The van der Waals surface area contributed by atoms with E-state index in [9.17, 15) is 9.59 Å². The van der Waals surface area contributed by atoms with Gasteiger partial charge in [-0.15, -0.1) is 0 Å². The van der Waals surface area contributed by atoms with Crippen molar-refractivity contribution in [2.24, 2.45) is 0 Å². The van der Waals surface area contributed by atoms with Crippen molar-refractivity contribution in [2.75, 3.05) is 6.54 Å². The van der Waals surface area contributed by atoms with Gasteiger partial charge in [-0.1, -0.05) is 0 Å². The third-order valence-corrected chi connectivity index (χ3v) is 2.20. The second-order valence-electron chi connectivity index (χ2n) is 3.17. The molecule has 0 aliphatic carbocycles. The minimum absolute atomic E-state index is 0.00403. The van der Waals surface area contributed by atoms with Crippen LogP contribution in [0, 0.1) is 0 Å². The molecular formula is C8H9N3O3. The van der Waals surface area contributed by atoms with E-state index in [0.29, 0.717) is 13.0 Å². The smallest absolute Gasteiger partial charge is 0.356 e. The average Bonchev–Trinajstić information content (AvgIpc) is 2.70. The molecule has 1 fully saturated rings. The number of amides is 1. The van der Waals surface area contributed by atoms with E-state index in [0.717, 1.165) is 0 Å². The highest BCUT2D eigenvalue weighted by Gasteiger charge is 2.23. The molecule has 6 heteroatoms. The first-order valence-electron chi connectivity index (χ1n) is 4.20. The van der Waals surface area contributed by atoms with Crippen LogP contribution in [0.25, 0.3) is 0 Å². The summed E-state index contributed by atoms with van der Waals surface area (Å²) in [4.78, 5) is 25.2. The van der Waals surface area contributed by atoms with Crippen LogP contribution in [0.5, 0.6) is 0 Å². The number of hydrogen-bond donors (Lipinski definition) is 2. The Labute approximate surface area is 79.6 Å². The molecule has 2 N–H and O–H groups in total. The highest BCUT2D eigenvalue weighted by Crippen LogP contribution is 2.15. The highest BCUT2D eigenvalue weighted by molar-refractivity contribution is 5.85. The molecular weight excluding hydrogens is 186 g/mol. The molecule has 1 aromatic heterocycles. The molecule has 0 spiro atoms. The van der Waals surface area contributed by atoms with Gasteiger partial charge in [0, 0.05) is 19.2 Å². The SMILES string of the molecule is O=C1CC(n2cnc(C(=O)O)c2)CN1. The molecule has 2 rings (SSSR count). The third-order valence-electron chi connectivity index (χ3n) is 2.20. The molecule has 0 bridgehead atoms. The fourth-order valence-electron chi connectivity index (χ4n) is 1.45. The molecule has 1 aromatic rings. The number of nitrogens with one attached hydrogen (secondary N) is 1. The monoisotopic (exact) mass is 195 g/mol. The Hall–Kier alpha value is -1.85. The largest absolute Gasteiger partial charge is 0.476 e. The number of carboxylic acids is 1. The van der Waals surface area contributed by atoms with E-state index in [1.54, 1.807) is 4.57 Å². The number of carboxylic acid groups (broad SMARTS) is 1. The maximum absolute atomic E-state index is 10.9. The summed E-state index contributed by atoms with van der Waals surface area (Å²) in [7, 11) is 0. The number of hydrogen-bond acceptors (Lipinski definition) is 3. The van der Waals surface area contributed by atoms with Crippen molar-refractivity contribution in [1.29, 1.82) is 0 Å². The predicted molar refractivity (Wildman–Crippen MR) is 45.9 cm³/mol. The van der Waals surface area contributed by atoms with Crippen LogP contribution < -0.4 is 5.32 Å². The van der Waals surface area contributed by atoms with Crippen LogP contribution in [-0.4, -0.2) is 33.1 Å². The van der Waals surface area contributed by atoms with Gasteiger partial charge in [0.25, 0.3) is 0 Å². The highest BCUT2D eigenvalue weighted by atomic mass is 16.4. The van der Waals surface area contributed by atoms with E-state index < -0.39 is 5.97 Å². The van der Waals surface area contributed by atoms with Crippen LogP contribution in [0.1, 0.15) is 23.0 Å². The maximum Gasteiger partial charge on any atom is 0.356 e. The molecule has 0 aromatic carbocycles. The molecule has 2 heterocycles. The number of carbonyl (C=O) groups excluding carboxylic acids is 1. The number of aromatic nitrogens is 2. The molecule has 74 valence electrons. The number of carbonyl (C=O) groups is 2. The average molecular weight is 195 g/mol. The summed E-state index contributed by atoms with van der Waals surface area (Å²) in [5.41, 5.74) is 0.00403. The van der Waals surface area contributed by atoms with Gasteiger partial charge in [-0.3, -0.25) is 4.79 Å². The Kier molecular flexibility index (Phi) is 1.95. The summed E-state index contributed by atoms with van der Waals surface area (Å²) < 4.78 is 1.65. The first kappa shape index (κ1) is 8.74. The van der Waals surface area contributed by atoms with Gasteiger partial charge in [0.1, 0.15) is 0 Å². The molecule has 1 amide bonds. The van der Waals surface area contributed by atoms with Crippen LogP contribution in [0.2, 0.25) is 0 Å². The fraction of sp³-hybridized carbons (Fsp3) is 0.375. The van der Waals surface area contributed by atoms with Gasteiger partial charge in [0.15, 0.2) is 5.69 Å². The van der Waals surface area contributed by atoms with Gasteiger partial charge in [-0.05, 0) is 0 Å². The minimum atomic E-state index is -1.05. The molecule has 1 saturated heterocycles. The van der Waals surface area contributed by atoms with Crippen molar-refractivity contribution in [2.45, 2.75) is 12.5 Å². The second-order valence-corrected chi connectivity index (χ2v) is 3.17. The molecule has 14 heavy (non-hydrogen) atoms. The zero-order valence-electron chi connectivity index (χ0n) is 7.30. The number of aromatic carboxylic acids is 1. The Bertz CT molecular complexity index is 385. The summed E-state index contributed by atoms with van der Waals surface area (Å²) in [5, 5.41) is 11.3. The van der Waals surface area contributed by atoms with Crippen molar-refractivity contribution < 1.29 is 14.7 Å². The summed E-state index contributed by atoms with van der Waals surface area (Å²) in [6.45, 7) is 0.536. The summed E-state index contributed by atoms with van der Waals surface area (Å²) >= 11 is 0. The quantitative estimate of drug-likeness (QED) is 0.675. The molecule has 0 saturated carbocycles. The van der Waals surface area contributed by atoms with Crippen molar-refractivity contribution in [3.05, 3.63) is 18.2 Å². The van der Waals surface area contributed by atoms with Gasteiger partial charge in [-0.2, -0.15) is 0 Å². The van der Waals surface area contributed by atoms with Gasteiger partial charge < -0.3 is 15.0 Å². The molecule has 1 unspecified atom stereocenters. The summed E-state index contributed by atoms with van der Waals surface area (Å²) in [6.07, 6.45) is 3.26. The van der Waals surface area contributed by atoms with E-state index in [1.165, 1.54) is 12.5 Å². The lowest BCUT2D eigenvalue weighted by atomic mass is 10.2. The molecule has 1 aliphatic rings. The Morgan fingerprint density at radius 1 is 1.71 bits per heavy atom. The fourth-order valence-corrected chi connectivity index (χ4v) is 1.45. The van der Waals surface area contributed by atoms with Crippen LogP contribution in [-0.2, 0) is 4.79 Å². The number of imidazole rings is 1. The van der Waals surface area contributed by atoms with Crippen LogP contribution in [0.15, 0.2) is 12.5 Å². The van der Waals surface area contributed by atoms with Crippen LogP contribution in [0.3, 0.4) is 0 Å². The Morgan fingerprint density at radius 2 is 2.50 bits per heavy atom. The lowest BCUT2D eigenvalue weighted by Gasteiger charge is -2.06. The third kappa shape index (κ3) is 1.46. The van der Waals surface area contributed by atoms with E-state index >= 15 is 0 Å². The minimum Gasteiger partial charge on any atom is -0.476 e. The lowest BCUT2D eigenvalue weighted by molar-refractivity contribution is -0.119. The van der Waals surface area contributed by atoms with Crippen molar-refractivity contribution >= 4 is 11.9 Å². The topological polar surface area (TPSA) is 84.2 Å². The van der Waals surface area contributed by atoms with Crippen LogP contribution >= 0.6 is 0 Å². The van der Waals surface area contributed by atoms with Crippen molar-refractivity contribution in [3.8, 4) is 0 Å². The summed E-state index contributed by atoms with van der Waals surface area (Å²) in [5.74, 6) is -1.07. The van der Waals surface area contributed by atoms with Gasteiger partial charge >= 0.3 is 5.97 Å². The zero-order chi connectivity index (χ0) is 10.1. The standard InChI is InChI=1S/C8H9N3O3/c12-7-1-5(2-9-7)11-3-6(8(13)14)10-4-11/h3-5H,1-2H2,(H,9,12)(H,13,14). The van der Waals surface area contributed by atoms with Gasteiger partial charge in [-0.25, -0.2) is 9.78 Å². The first-order chi connectivity index (χ1) is 6.66. The van der Waals surface area contributed by atoms with E-state index in [1.807, 2.05) is 0 Å². The first-order valence-corrected chi connectivity index (χ1v) is 4.20. The lowest BCUT2D eigenvalue weighted by Crippen LogP contribution is -2.14. The Morgan fingerprint density at radius 3 is 3.00 bits per heavy atom. The second kappa shape index (κ2) is 3.13. The van der Waals surface area contributed by atoms with Gasteiger partial charge in [0.05, 0.1) is 12.4 Å². The molecule has 1 atom stereocenters. The molecule has 1 aliphatic heterocycles. The normalized spacial score (nSPS) is 20.9. The van der Waals surface area contributed by atoms with E-state index in [4.69, 9.17) is 5.11 Å². The zero-order valence-corrected chi connectivity index (χ0v) is 7.30. The van der Waals surface area contributed by atoms with E-state index in [-0.39, 0.29) is 17.6 Å². The van der Waals surface area contributed by atoms with E-state index in [2.05, 4.69) is 10.3 Å². The maximum atomic E-state index is 10.9. The molecule has 0 radical (unpaired) electrons. The predicted octanol–water partition coefficient (Wildman–Crippen LogP) is -0.358. The van der Waals surface area contributed by atoms with Crippen LogP contribution in [0.4, 0.5) is 0 Å². The van der Waals surface area contributed by atoms with Crippen molar-refractivity contribution in [3.63, 3.8) is 0 Å². The molecule has 6 nitrogen and oxygen atoms in total. The number of rotatable bonds is 2. The van der Waals surface area contributed by atoms with Gasteiger partial charge in [0.2, 0.25) is 5.91 Å². The number of nitrogens with zero attached hydrogens (tertiary/aromatic N) is 2. The van der Waals surface area contributed by atoms with Crippen molar-refractivity contribution in [1.82, 2.24) is 14.9 Å². The Balaban J connectivity index is 2.17.